The van der Waals surface area contributed by atoms with Crippen molar-refractivity contribution in [3.63, 3.8) is 0 Å². The largest absolute Gasteiger partial charge is 0.449 e. The number of carbonyl (C=O) groups is 1. The number of alkyl carbamates (subject to hydrolysis) is 1. The summed E-state index contributed by atoms with van der Waals surface area (Å²) < 4.78 is 7.03. The smallest absolute Gasteiger partial charge is 0.407 e. The molecule has 0 saturated carbocycles. The van der Waals surface area contributed by atoms with Gasteiger partial charge >= 0.3 is 6.09 Å². The number of halogens is 1. The standard InChI is InChI=1S/C27H24ClN3O4/c28-18-6-5-7-19(12-18)31-15-17(13-30-31)26(33)25(32)14-29-27(34)35-16-24-22-10-3-1-8-20(22)21-9-2-4-11-23(21)24/h1-13,15,24-26,32-33H,14,16H2,(H,29,34). The van der Waals surface area contributed by atoms with Crippen LogP contribution in [-0.4, -0.2) is 45.3 Å². The monoisotopic (exact) mass is 489 g/mol. The van der Waals surface area contributed by atoms with Crippen molar-refractivity contribution in [2.75, 3.05) is 13.2 Å². The number of carbonyl (C=O) groups excluding carboxylic acids is 1. The van der Waals surface area contributed by atoms with Crippen molar-refractivity contribution in [3.05, 3.63) is 107 Å². The lowest BCUT2D eigenvalue weighted by Gasteiger charge is -2.18. The van der Waals surface area contributed by atoms with Crippen LogP contribution in [0.15, 0.2) is 85.2 Å². The Labute approximate surface area is 207 Å². The van der Waals surface area contributed by atoms with Crippen LogP contribution in [-0.2, 0) is 4.74 Å². The topological polar surface area (TPSA) is 96.6 Å². The summed E-state index contributed by atoms with van der Waals surface area (Å²) in [6.07, 6.45) is -0.0772. The Morgan fingerprint density at radius 1 is 1.03 bits per heavy atom. The third-order valence-corrected chi connectivity index (χ3v) is 6.42. The van der Waals surface area contributed by atoms with Crippen molar-refractivity contribution in [1.82, 2.24) is 15.1 Å². The summed E-state index contributed by atoms with van der Waals surface area (Å²) in [6.45, 7) is -0.00883. The molecule has 0 radical (unpaired) electrons. The average molecular weight is 490 g/mol. The molecule has 2 atom stereocenters. The summed E-state index contributed by atoms with van der Waals surface area (Å²) in [6, 6.07) is 23.3. The first kappa shape index (κ1) is 23.1. The van der Waals surface area contributed by atoms with Crippen LogP contribution in [0.4, 0.5) is 4.79 Å². The van der Waals surface area contributed by atoms with Crippen molar-refractivity contribution >= 4 is 17.7 Å². The van der Waals surface area contributed by atoms with Gasteiger partial charge < -0.3 is 20.3 Å². The van der Waals surface area contributed by atoms with Gasteiger partial charge in [-0.15, -0.1) is 0 Å². The summed E-state index contributed by atoms with van der Waals surface area (Å²) >= 11 is 6.02. The second-order valence-corrected chi connectivity index (χ2v) is 8.85. The molecule has 0 bridgehead atoms. The predicted molar refractivity (Wildman–Crippen MR) is 133 cm³/mol. The fourth-order valence-corrected chi connectivity index (χ4v) is 4.60. The fourth-order valence-electron chi connectivity index (χ4n) is 4.42. The first-order chi connectivity index (χ1) is 17.0. The van der Waals surface area contributed by atoms with Crippen LogP contribution in [0.25, 0.3) is 16.8 Å². The number of amides is 1. The van der Waals surface area contributed by atoms with Gasteiger partial charge in [0.25, 0.3) is 0 Å². The van der Waals surface area contributed by atoms with Gasteiger partial charge in [0, 0.05) is 29.2 Å². The Morgan fingerprint density at radius 2 is 1.71 bits per heavy atom. The van der Waals surface area contributed by atoms with Gasteiger partial charge in [-0.25, -0.2) is 9.48 Å². The molecule has 3 N–H and O–H groups in total. The van der Waals surface area contributed by atoms with Gasteiger partial charge in [0.15, 0.2) is 0 Å². The Morgan fingerprint density at radius 3 is 2.40 bits per heavy atom. The van der Waals surface area contributed by atoms with Crippen LogP contribution in [0.5, 0.6) is 0 Å². The molecular weight excluding hydrogens is 466 g/mol. The molecule has 1 aliphatic rings. The molecule has 2 unspecified atom stereocenters. The third-order valence-electron chi connectivity index (χ3n) is 6.18. The first-order valence-electron chi connectivity index (χ1n) is 11.3. The molecule has 178 valence electrons. The first-order valence-corrected chi connectivity index (χ1v) is 11.6. The van der Waals surface area contributed by atoms with Gasteiger partial charge in [0.2, 0.25) is 0 Å². The van der Waals surface area contributed by atoms with Gasteiger partial charge in [-0.05, 0) is 40.5 Å². The highest BCUT2D eigenvalue weighted by Crippen LogP contribution is 2.44. The summed E-state index contributed by atoms with van der Waals surface area (Å²) in [5.74, 6) is -0.0546. The van der Waals surface area contributed by atoms with E-state index in [0.29, 0.717) is 10.6 Å². The number of fused-ring (bicyclic) bond motifs is 3. The number of hydrogen-bond donors (Lipinski definition) is 3. The lowest BCUT2D eigenvalue weighted by Crippen LogP contribution is -2.36. The lowest BCUT2D eigenvalue weighted by atomic mass is 9.98. The molecule has 1 heterocycles. The molecule has 5 rings (SSSR count). The summed E-state index contributed by atoms with van der Waals surface area (Å²) in [4.78, 5) is 12.4. The molecular formula is C27H24ClN3O4. The number of hydrogen-bond acceptors (Lipinski definition) is 5. The van der Waals surface area contributed by atoms with E-state index in [1.54, 1.807) is 29.1 Å². The maximum Gasteiger partial charge on any atom is 0.407 e. The number of nitrogens with one attached hydrogen (secondary N) is 1. The molecule has 1 aliphatic carbocycles. The molecule has 1 amide bonds. The molecule has 35 heavy (non-hydrogen) atoms. The van der Waals surface area contributed by atoms with E-state index in [4.69, 9.17) is 16.3 Å². The Bertz CT molecular complexity index is 1310. The van der Waals surface area contributed by atoms with Gasteiger partial charge in [0.05, 0.1) is 11.9 Å². The highest BCUT2D eigenvalue weighted by atomic mass is 35.5. The molecule has 4 aromatic rings. The van der Waals surface area contributed by atoms with Crippen molar-refractivity contribution in [3.8, 4) is 16.8 Å². The highest BCUT2D eigenvalue weighted by Gasteiger charge is 2.29. The minimum atomic E-state index is -1.24. The summed E-state index contributed by atoms with van der Waals surface area (Å²) in [5.41, 5.74) is 5.67. The van der Waals surface area contributed by atoms with E-state index in [-0.39, 0.29) is 19.1 Å². The lowest BCUT2D eigenvalue weighted by molar-refractivity contribution is 0.0185. The van der Waals surface area contributed by atoms with Gasteiger partial charge in [-0.2, -0.15) is 5.10 Å². The number of aliphatic hydroxyl groups is 2. The number of aromatic nitrogens is 2. The van der Waals surface area contributed by atoms with Gasteiger partial charge in [-0.3, -0.25) is 0 Å². The minimum absolute atomic E-state index is 0.0546. The quantitative estimate of drug-likeness (QED) is 0.356. The fraction of sp³-hybridized carbons (Fsp3) is 0.185. The molecule has 0 saturated heterocycles. The van der Waals surface area contributed by atoms with E-state index in [2.05, 4.69) is 22.5 Å². The number of benzene rings is 3. The van der Waals surface area contributed by atoms with Crippen LogP contribution in [0.2, 0.25) is 5.02 Å². The zero-order chi connectivity index (χ0) is 24.4. The third kappa shape index (κ3) is 4.79. The second kappa shape index (κ2) is 9.92. The van der Waals surface area contributed by atoms with Crippen LogP contribution in [0.1, 0.15) is 28.7 Å². The average Bonchev–Trinajstić information content (AvgIpc) is 3.49. The normalized spacial score (nSPS) is 14.1. The van der Waals surface area contributed by atoms with E-state index in [1.807, 2.05) is 42.5 Å². The van der Waals surface area contributed by atoms with Crippen molar-refractivity contribution in [2.24, 2.45) is 0 Å². The maximum absolute atomic E-state index is 12.4. The van der Waals surface area contributed by atoms with Crippen LogP contribution in [0, 0.1) is 0 Å². The van der Waals surface area contributed by atoms with Crippen molar-refractivity contribution < 1.29 is 19.7 Å². The van der Waals surface area contributed by atoms with Crippen LogP contribution >= 0.6 is 11.6 Å². The van der Waals surface area contributed by atoms with E-state index >= 15 is 0 Å². The molecule has 7 nitrogen and oxygen atoms in total. The molecule has 0 aliphatic heterocycles. The van der Waals surface area contributed by atoms with Crippen molar-refractivity contribution in [1.29, 1.82) is 0 Å². The number of nitrogens with zero attached hydrogens (tertiary/aromatic N) is 2. The van der Waals surface area contributed by atoms with Gasteiger partial charge in [0.1, 0.15) is 18.8 Å². The molecule has 0 spiro atoms. The van der Waals surface area contributed by atoms with E-state index in [9.17, 15) is 15.0 Å². The number of ether oxygens (including phenoxy) is 1. The molecule has 3 aromatic carbocycles. The molecule has 8 heteroatoms. The van der Waals surface area contributed by atoms with E-state index < -0.39 is 18.3 Å². The molecule has 1 aromatic heterocycles. The second-order valence-electron chi connectivity index (χ2n) is 8.42. The van der Waals surface area contributed by atoms with Gasteiger partial charge in [-0.1, -0.05) is 66.2 Å². The van der Waals surface area contributed by atoms with E-state index in [1.165, 1.54) is 6.20 Å². The van der Waals surface area contributed by atoms with Crippen LogP contribution < -0.4 is 5.32 Å². The SMILES string of the molecule is O=C(NCC(O)C(O)c1cnn(-c2cccc(Cl)c2)c1)OCC1c2ccccc2-c2ccccc21. The minimum Gasteiger partial charge on any atom is -0.449 e. The predicted octanol–water partition coefficient (Wildman–Crippen LogP) is 4.46. The number of aliphatic hydroxyl groups excluding tert-OH is 2. The highest BCUT2D eigenvalue weighted by molar-refractivity contribution is 6.30. The Hall–Kier alpha value is -3.65. The van der Waals surface area contributed by atoms with E-state index in [0.717, 1.165) is 27.9 Å². The van der Waals surface area contributed by atoms with Crippen LogP contribution in [0.3, 0.4) is 0 Å². The maximum atomic E-state index is 12.4. The zero-order valence-electron chi connectivity index (χ0n) is 18.7. The molecule has 0 fully saturated rings. The Balaban J connectivity index is 1.16. The summed E-state index contributed by atoms with van der Waals surface area (Å²) in [7, 11) is 0. The Kier molecular flexibility index (Phi) is 6.55. The number of rotatable bonds is 7. The summed E-state index contributed by atoms with van der Waals surface area (Å²) in [5, 5.41) is 28.2. The van der Waals surface area contributed by atoms with Crippen molar-refractivity contribution in [2.45, 2.75) is 18.1 Å². The zero-order valence-corrected chi connectivity index (χ0v) is 19.5.